The monoisotopic (exact) mass is 171 g/mol. The van der Waals surface area contributed by atoms with E-state index in [4.69, 9.17) is 5.73 Å². The van der Waals surface area contributed by atoms with Gasteiger partial charge in [-0.25, -0.2) is 0 Å². The van der Waals surface area contributed by atoms with Crippen molar-refractivity contribution in [3.8, 4) is 0 Å². The molecule has 74 valence electrons. The molecule has 1 rings (SSSR count). The van der Waals surface area contributed by atoms with Gasteiger partial charge in [0, 0.05) is 0 Å². The van der Waals surface area contributed by atoms with Crippen LogP contribution in [0.3, 0.4) is 0 Å². The van der Waals surface area contributed by atoms with E-state index in [2.05, 4.69) is 6.92 Å². The summed E-state index contributed by atoms with van der Waals surface area (Å²) in [6.07, 6.45) is 7.00. The molecule has 1 saturated carbocycles. The summed E-state index contributed by atoms with van der Waals surface area (Å²) in [5.41, 5.74) is 5.62. The highest BCUT2D eigenvalue weighted by atomic mass is 14.5. The SMILES string of the molecule is CC.CCC1CCCC(CN)C1. The zero-order valence-corrected chi connectivity index (χ0v) is 8.97. The lowest BCUT2D eigenvalue weighted by molar-refractivity contribution is 0.266. The van der Waals surface area contributed by atoms with Crippen LogP contribution in [0.1, 0.15) is 52.9 Å². The maximum Gasteiger partial charge on any atom is -0.00488 e. The summed E-state index contributed by atoms with van der Waals surface area (Å²) in [4.78, 5) is 0. The van der Waals surface area contributed by atoms with Gasteiger partial charge in [0.2, 0.25) is 0 Å². The van der Waals surface area contributed by atoms with Crippen molar-refractivity contribution in [2.75, 3.05) is 6.54 Å². The summed E-state index contributed by atoms with van der Waals surface area (Å²) < 4.78 is 0. The quantitative estimate of drug-likeness (QED) is 0.678. The largest absolute Gasteiger partial charge is 0.330 e. The molecule has 0 amide bonds. The molecule has 1 aliphatic rings. The summed E-state index contributed by atoms with van der Waals surface area (Å²) in [6, 6.07) is 0. The third-order valence-corrected chi connectivity index (χ3v) is 2.80. The zero-order valence-electron chi connectivity index (χ0n) is 8.97. The Labute approximate surface area is 77.7 Å². The van der Waals surface area contributed by atoms with Crippen molar-refractivity contribution < 1.29 is 0 Å². The van der Waals surface area contributed by atoms with E-state index < -0.39 is 0 Å². The molecule has 0 radical (unpaired) electrons. The minimum Gasteiger partial charge on any atom is -0.330 e. The van der Waals surface area contributed by atoms with E-state index in [9.17, 15) is 0 Å². The van der Waals surface area contributed by atoms with Gasteiger partial charge in [0.05, 0.1) is 0 Å². The van der Waals surface area contributed by atoms with Gasteiger partial charge in [0.25, 0.3) is 0 Å². The van der Waals surface area contributed by atoms with Gasteiger partial charge in [-0.05, 0) is 31.2 Å². The molecule has 0 aromatic carbocycles. The first-order valence-corrected chi connectivity index (χ1v) is 5.56. The van der Waals surface area contributed by atoms with Crippen molar-refractivity contribution in [1.82, 2.24) is 0 Å². The van der Waals surface area contributed by atoms with Crippen molar-refractivity contribution in [3.63, 3.8) is 0 Å². The molecule has 1 fully saturated rings. The fraction of sp³-hybridized carbons (Fsp3) is 1.00. The molecule has 0 bridgehead atoms. The Morgan fingerprint density at radius 3 is 2.25 bits per heavy atom. The third kappa shape index (κ3) is 4.10. The van der Waals surface area contributed by atoms with Gasteiger partial charge in [0.15, 0.2) is 0 Å². The lowest BCUT2D eigenvalue weighted by Gasteiger charge is -2.27. The Balaban J connectivity index is 0.000000561. The van der Waals surface area contributed by atoms with E-state index >= 15 is 0 Å². The number of hydrogen-bond acceptors (Lipinski definition) is 1. The van der Waals surface area contributed by atoms with Crippen LogP contribution in [0.2, 0.25) is 0 Å². The molecular formula is C11H25N. The van der Waals surface area contributed by atoms with Crippen LogP contribution >= 0.6 is 0 Å². The summed E-state index contributed by atoms with van der Waals surface area (Å²) in [5.74, 6) is 1.83. The van der Waals surface area contributed by atoms with E-state index in [0.717, 1.165) is 18.4 Å². The van der Waals surface area contributed by atoms with Crippen molar-refractivity contribution in [3.05, 3.63) is 0 Å². The average Bonchev–Trinajstić information content (AvgIpc) is 2.21. The molecular weight excluding hydrogens is 146 g/mol. The fourth-order valence-electron chi connectivity index (χ4n) is 1.99. The van der Waals surface area contributed by atoms with Crippen molar-refractivity contribution in [1.29, 1.82) is 0 Å². The lowest BCUT2D eigenvalue weighted by atomic mass is 9.80. The topological polar surface area (TPSA) is 26.0 Å². The molecule has 2 atom stereocenters. The van der Waals surface area contributed by atoms with Crippen LogP contribution in [-0.4, -0.2) is 6.54 Å². The van der Waals surface area contributed by atoms with Gasteiger partial charge in [0.1, 0.15) is 0 Å². The van der Waals surface area contributed by atoms with Gasteiger partial charge in [-0.1, -0.05) is 40.0 Å². The molecule has 1 nitrogen and oxygen atoms in total. The van der Waals surface area contributed by atoms with Crippen molar-refractivity contribution >= 4 is 0 Å². The van der Waals surface area contributed by atoms with Crippen LogP contribution in [0.4, 0.5) is 0 Å². The van der Waals surface area contributed by atoms with E-state index in [1.54, 1.807) is 0 Å². The van der Waals surface area contributed by atoms with Crippen LogP contribution in [-0.2, 0) is 0 Å². The third-order valence-electron chi connectivity index (χ3n) is 2.80. The Kier molecular flexibility index (Phi) is 7.58. The Bertz CT molecular complexity index is 81.0. The molecule has 0 saturated heterocycles. The standard InChI is InChI=1S/C9H19N.C2H6/c1-2-8-4-3-5-9(6-8)7-10;1-2/h8-9H,2-7,10H2,1H3;1-2H3. The molecule has 0 aromatic rings. The molecule has 12 heavy (non-hydrogen) atoms. The van der Waals surface area contributed by atoms with E-state index in [-0.39, 0.29) is 0 Å². The molecule has 0 heterocycles. The minimum absolute atomic E-state index is 0.846. The first kappa shape index (κ1) is 12.0. The molecule has 0 aliphatic heterocycles. The number of rotatable bonds is 2. The molecule has 0 spiro atoms. The molecule has 1 heteroatoms. The van der Waals surface area contributed by atoms with Crippen LogP contribution in [0.25, 0.3) is 0 Å². The second kappa shape index (κ2) is 7.60. The summed E-state index contributed by atoms with van der Waals surface area (Å²) in [7, 11) is 0. The van der Waals surface area contributed by atoms with E-state index in [1.165, 1.54) is 32.1 Å². The average molecular weight is 171 g/mol. The molecule has 0 aromatic heterocycles. The first-order chi connectivity index (χ1) is 5.86. The summed E-state index contributed by atoms with van der Waals surface area (Å²) >= 11 is 0. The highest BCUT2D eigenvalue weighted by molar-refractivity contribution is 4.72. The van der Waals surface area contributed by atoms with Gasteiger partial charge < -0.3 is 5.73 Å². The van der Waals surface area contributed by atoms with Gasteiger partial charge in [-0.15, -0.1) is 0 Å². The Hall–Kier alpha value is -0.0400. The first-order valence-electron chi connectivity index (χ1n) is 5.56. The van der Waals surface area contributed by atoms with E-state index in [0.29, 0.717) is 0 Å². The van der Waals surface area contributed by atoms with Crippen LogP contribution in [0.5, 0.6) is 0 Å². The van der Waals surface area contributed by atoms with Crippen LogP contribution in [0.15, 0.2) is 0 Å². The fourth-order valence-corrected chi connectivity index (χ4v) is 1.99. The highest BCUT2D eigenvalue weighted by Crippen LogP contribution is 2.29. The maximum absolute atomic E-state index is 5.62. The zero-order chi connectivity index (χ0) is 9.40. The molecule has 1 aliphatic carbocycles. The predicted molar refractivity (Wildman–Crippen MR) is 56.1 cm³/mol. The second-order valence-corrected chi connectivity index (χ2v) is 3.54. The lowest BCUT2D eigenvalue weighted by Crippen LogP contribution is -2.22. The van der Waals surface area contributed by atoms with Gasteiger partial charge in [-0.3, -0.25) is 0 Å². The highest BCUT2D eigenvalue weighted by Gasteiger charge is 2.18. The van der Waals surface area contributed by atoms with E-state index in [1.807, 2.05) is 13.8 Å². The van der Waals surface area contributed by atoms with Crippen LogP contribution < -0.4 is 5.73 Å². The van der Waals surface area contributed by atoms with Gasteiger partial charge in [-0.2, -0.15) is 0 Å². The summed E-state index contributed by atoms with van der Waals surface area (Å²) in [6.45, 7) is 7.21. The number of nitrogens with two attached hydrogens (primary N) is 1. The Morgan fingerprint density at radius 2 is 1.75 bits per heavy atom. The molecule has 2 N–H and O–H groups in total. The van der Waals surface area contributed by atoms with Crippen molar-refractivity contribution in [2.24, 2.45) is 17.6 Å². The second-order valence-electron chi connectivity index (χ2n) is 3.54. The predicted octanol–water partition coefficient (Wildman–Crippen LogP) is 3.19. The number of hydrogen-bond donors (Lipinski definition) is 1. The normalized spacial score (nSPS) is 29.0. The molecule has 2 unspecified atom stereocenters. The minimum atomic E-state index is 0.846. The Morgan fingerprint density at radius 1 is 1.17 bits per heavy atom. The summed E-state index contributed by atoms with van der Waals surface area (Å²) in [5, 5.41) is 0. The maximum atomic E-state index is 5.62. The van der Waals surface area contributed by atoms with Crippen molar-refractivity contribution in [2.45, 2.75) is 52.9 Å². The van der Waals surface area contributed by atoms with Crippen LogP contribution in [0, 0.1) is 11.8 Å². The smallest absolute Gasteiger partial charge is 0.00488 e. The van der Waals surface area contributed by atoms with Gasteiger partial charge >= 0.3 is 0 Å².